The first-order valence-electron chi connectivity index (χ1n) is 15.9. The van der Waals surface area contributed by atoms with Crippen molar-refractivity contribution in [2.24, 2.45) is 0 Å². The molecule has 4 heteroatoms. The van der Waals surface area contributed by atoms with Crippen LogP contribution >= 0.6 is 11.6 Å². The van der Waals surface area contributed by atoms with E-state index in [1.165, 1.54) is 22.4 Å². The number of carbonyl (C=O) groups is 1. The van der Waals surface area contributed by atoms with E-state index in [2.05, 4.69) is 85.1 Å². The van der Waals surface area contributed by atoms with Crippen molar-refractivity contribution < 1.29 is 9.53 Å². The number of nitrogens with one attached hydrogen (secondary N) is 1. The van der Waals surface area contributed by atoms with E-state index in [1.54, 1.807) is 0 Å². The molecule has 2 atom stereocenters. The molecule has 0 aromatic heterocycles. The fourth-order valence-electron chi connectivity index (χ4n) is 7.56. The van der Waals surface area contributed by atoms with Crippen molar-refractivity contribution in [1.82, 2.24) is 0 Å². The quantitative estimate of drug-likeness (QED) is 0.235. The number of fused-ring (bicyclic) bond motifs is 3. The number of halogens is 1. The van der Waals surface area contributed by atoms with Gasteiger partial charge in [-0.3, -0.25) is 4.79 Å². The lowest BCUT2D eigenvalue weighted by molar-refractivity contribution is 0.103. The van der Waals surface area contributed by atoms with E-state index < -0.39 is 0 Å². The van der Waals surface area contributed by atoms with Crippen molar-refractivity contribution >= 4 is 28.6 Å². The zero-order valence-electron chi connectivity index (χ0n) is 25.3. The van der Waals surface area contributed by atoms with Gasteiger partial charge in [0.05, 0.1) is 0 Å². The Morgan fingerprint density at radius 2 is 1.69 bits per heavy atom. The molecule has 2 aliphatic heterocycles. The highest BCUT2D eigenvalue weighted by atomic mass is 35.5. The Labute approximate surface area is 269 Å². The maximum Gasteiger partial charge on any atom is 0.190 e. The molecule has 3 nitrogen and oxygen atoms in total. The maximum absolute atomic E-state index is 14.2. The van der Waals surface area contributed by atoms with Gasteiger partial charge in [0.25, 0.3) is 0 Å². The number of rotatable bonds is 3. The van der Waals surface area contributed by atoms with Crippen molar-refractivity contribution in [2.75, 3.05) is 11.9 Å². The van der Waals surface area contributed by atoms with Gasteiger partial charge in [-0.15, -0.1) is 0 Å². The summed E-state index contributed by atoms with van der Waals surface area (Å²) in [6.07, 6.45) is 10.5. The third-order valence-corrected chi connectivity index (χ3v) is 9.87. The minimum Gasteiger partial charge on any atom is -0.457 e. The first-order chi connectivity index (χ1) is 22.0. The van der Waals surface area contributed by atoms with Gasteiger partial charge < -0.3 is 10.1 Å². The normalized spacial score (nSPS) is 22.9. The van der Waals surface area contributed by atoms with Crippen LogP contribution in [0.25, 0.3) is 5.57 Å². The van der Waals surface area contributed by atoms with E-state index >= 15 is 0 Å². The van der Waals surface area contributed by atoms with Crippen LogP contribution in [0.5, 0.6) is 5.75 Å². The minimum absolute atomic E-state index is 0.110. The summed E-state index contributed by atoms with van der Waals surface area (Å²) in [5.41, 5.74) is 12.1. The summed E-state index contributed by atoms with van der Waals surface area (Å²) in [4.78, 5) is 14.2. The van der Waals surface area contributed by atoms with Crippen molar-refractivity contribution in [2.45, 2.75) is 44.4 Å². The molecule has 0 saturated heterocycles. The van der Waals surface area contributed by atoms with Crippen molar-refractivity contribution in [3.63, 3.8) is 0 Å². The van der Waals surface area contributed by atoms with Gasteiger partial charge in [0, 0.05) is 45.9 Å². The predicted octanol–water partition coefficient (Wildman–Crippen LogP) is 10.2. The van der Waals surface area contributed by atoms with E-state index in [-0.39, 0.29) is 17.6 Å². The topological polar surface area (TPSA) is 38.3 Å². The maximum atomic E-state index is 14.2. The van der Waals surface area contributed by atoms with Gasteiger partial charge >= 0.3 is 0 Å². The second-order valence-corrected chi connectivity index (χ2v) is 13.0. The number of allylic oxidation sites excluding steroid dienone is 7. The van der Waals surface area contributed by atoms with Gasteiger partial charge in [-0.1, -0.05) is 84.4 Å². The van der Waals surface area contributed by atoms with E-state index in [4.69, 9.17) is 16.3 Å². The zero-order valence-corrected chi connectivity index (χ0v) is 26.0. The number of benzene rings is 4. The third kappa shape index (κ3) is 5.15. The van der Waals surface area contributed by atoms with Gasteiger partial charge in [-0.25, -0.2) is 0 Å². The number of Topliss-reactive ketones (excluding diaryl/α,β-unsaturated/α-hetero) is 1. The highest BCUT2D eigenvalue weighted by Crippen LogP contribution is 2.48. The second-order valence-electron chi connectivity index (χ2n) is 12.6. The van der Waals surface area contributed by atoms with Crippen LogP contribution in [-0.4, -0.2) is 12.3 Å². The Balaban J connectivity index is 1.26. The summed E-state index contributed by atoms with van der Waals surface area (Å²) in [5, 5.41) is 4.22. The lowest BCUT2D eigenvalue weighted by atomic mass is 9.77. The number of aryl methyl sites for hydroxylation is 1. The van der Waals surface area contributed by atoms with Gasteiger partial charge in [0.1, 0.15) is 11.5 Å². The molecule has 222 valence electrons. The Kier molecular flexibility index (Phi) is 7.07. The first-order valence-corrected chi connectivity index (χ1v) is 16.3. The Hall–Kier alpha value is -4.60. The monoisotopic (exact) mass is 607 g/mol. The fourth-order valence-corrected chi connectivity index (χ4v) is 7.75. The van der Waals surface area contributed by atoms with Crippen molar-refractivity contribution in [3.05, 3.63) is 170 Å². The Morgan fingerprint density at radius 1 is 0.867 bits per heavy atom. The molecule has 0 amide bonds. The average molecular weight is 608 g/mol. The summed E-state index contributed by atoms with van der Waals surface area (Å²) < 4.78 is 6.55. The molecule has 4 aliphatic rings. The Morgan fingerprint density at radius 3 is 2.56 bits per heavy atom. The molecule has 0 saturated carbocycles. The van der Waals surface area contributed by atoms with Crippen LogP contribution in [0, 0.1) is 0 Å². The highest BCUT2D eigenvalue weighted by Gasteiger charge is 2.38. The van der Waals surface area contributed by atoms with Crippen LogP contribution in [0.15, 0.2) is 132 Å². The van der Waals surface area contributed by atoms with Crippen LogP contribution in [0.2, 0.25) is 5.02 Å². The lowest BCUT2D eigenvalue weighted by Gasteiger charge is -2.28. The van der Waals surface area contributed by atoms with E-state index in [0.29, 0.717) is 5.02 Å². The molecule has 0 radical (unpaired) electrons. The molecule has 45 heavy (non-hydrogen) atoms. The standard InChI is InChI=1S/C41H34ClNO2/c1-25-17-33(45-38-24-37-28(23-36(25)38)12-8-16-43-37)20-26-18-30(27-9-3-2-4-10-27)21-31(19-26)40-39(29-11-7-13-32(42)22-29)34-14-5-6-15-35(34)41(40)44/h2-7,9-11,13-15,17,19-20,22-24,30,39,43H,8,12,16,18,21H2,1H3. The lowest BCUT2D eigenvalue weighted by Crippen LogP contribution is -2.14. The number of ketones is 1. The molecule has 0 bridgehead atoms. The van der Waals surface area contributed by atoms with Crippen LogP contribution in [0.3, 0.4) is 0 Å². The number of anilines is 1. The molecular weight excluding hydrogens is 574 g/mol. The van der Waals surface area contributed by atoms with Gasteiger partial charge in [0.15, 0.2) is 5.78 Å². The number of ether oxygens (including phenoxy) is 1. The largest absolute Gasteiger partial charge is 0.457 e. The first kappa shape index (κ1) is 27.9. The molecule has 4 aromatic carbocycles. The summed E-state index contributed by atoms with van der Waals surface area (Å²) in [5.74, 6) is 1.90. The molecule has 4 aromatic rings. The summed E-state index contributed by atoms with van der Waals surface area (Å²) in [6.45, 7) is 3.16. The van der Waals surface area contributed by atoms with Crippen molar-refractivity contribution in [3.8, 4) is 5.75 Å². The zero-order chi connectivity index (χ0) is 30.5. The molecule has 2 heterocycles. The summed E-state index contributed by atoms with van der Waals surface area (Å²) in [7, 11) is 0. The molecule has 1 N–H and O–H groups in total. The van der Waals surface area contributed by atoms with Gasteiger partial charge in [-0.2, -0.15) is 0 Å². The number of hydrogen-bond acceptors (Lipinski definition) is 3. The van der Waals surface area contributed by atoms with Crippen LogP contribution < -0.4 is 10.1 Å². The van der Waals surface area contributed by atoms with Crippen LogP contribution in [0.1, 0.15) is 76.2 Å². The van der Waals surface area contributed by atoms with Gasteiger partial charge in [-0.05, 0) is 108 Å². The van der Waals surface area contributed by atoms with Crippen molar-refractivity contribution in [1.29, 1.82) is 0 Å². The Bertz CT molecular complexity index is 1980. The molecule has 0 spiro atoms. The highest BCUT2D eigenvalue weighted by molar-refractivity contribution is 6.30. The average Bonchev–Trinajstić information content (AvgIpc) is 3.36. The summed E-state index contributed by atoms with van der Waals surface area (Å²) >= 11 is 6.50. The predicted molar refractivity (Wildman–Crippen MR) is 183 cm³/mol. The molecule has 0 fully saturated rings. The summed E-state index contributed by atoms with van der Waals surface area (Å²) in [6, 6.07) is 31.1. The number of carbonyl (C=O) groups excluding carboxylic acids is 1. The fraction of sp³-hybridized carbons (Fsp3) is 0.195. The van der Waals surface area contributed by atoms with E-state index in [9.17, 15) is 4.79 Å². The molecule has 8 rings (SSSR count). The van der Waals surface area contributed by atoms with Crippen LogP contribution in [-0.2, 0) is 6.42 Å². The molecular formula is C41H34ClNO2. The van der Waals surface area contributed by atoms with Crippen LogP contribution in [0.4, 0.5) is 5.69 Å². The molecule has 2 aliphatic carbocycles. The smallest absolute Gasteiger partial charge is 0.190 e. The van der Waals surface area contributed by atoms with E-state index in [1.807, 2.05) is 36.4 Å². The molecule has 2 unspecified atom stereocenters. The second kappa shape index (κ2) is 11.4. The third-order valence-electron chi connectivity index (χ3n) is 9.64. The van der Waals surface area contributed by atoms with E-state index in [0.717, 1.165) is 82.7 Å². The van der Waals surface area contributed by atoms with Gasteiger partial charge in [0.2, 0.25) is 0 Å². The SMILES string of the molecule is CC1=CC(=CC2=CC(=C3C(=O)c4ccccc4C3c3cccc(Cl)c3)CC(c3ccccc3)C2)Oc2cc3c(cc21)CCCN3. The minimum atomic E-state index is -0.166. The number of hydrogen-bond donors (Lipinski definition) is 1.